The lowest BCUT2D eigenvalue weighted by molar-refractivity contribution is 0.0724. The van der Waals surface area contributed by atoms with Gasteiger partial charge in [0.05, 0.1) is 16.1 Å². The monoisotopic (exact) mass is 574 g/mol. The average molecular weight is 575 g/mol. The Balaban J connectivity index is 1.84. The van der Waals surface area contributed by atoms with Crippen LogP contribution in [-0.2, 0) is 27.7 Å². The lowest BCUT2D eigenvalue weighted by Gasteiger charge is -2.44. The first-order chi connectivity index (χ1) is 17.0. The van der Waals surface area contributed by atoms with Gasteiger partial charge in [0, 0.05) is 25.7 Å². The van der Waals surface area contributed by atoms with Crippen molar-refractivity contribution in [3.05, 3.63) is 17.0 Å². The van der Waals surface area contributed by atoms with Crippen molar-refractivity contribution in [1.29, 1.82) is 0 Å². The van der Waals surface area contributed by atoms with E-state index in [9.17, 15) is 13.2 Å². The fourth-order valence-corrected chi connectivity index (χ4v) is 14.6. The molecular weight excluding hydrogens is 532 g/mol. The number of sulfone groups is 1. The van der Waals surface area contributed by atoms with Gasteiger partial charge in [-0.2, -0.15) is 5.10 Å². The van der Waals surface area contributed by atoms with E-state index in [-0.39, 0.29) is 29.9 Å². The zero-order chi connectivity index (χ0) is 28.1. The third-order valence-corrected chi connectivity index (χ3v) is 18.1. The lowest BCUT2D eigenvalue weighted by atomic mass is 10.0. The summed E-state index contributed by atoms with van der Waals surface area (Å²) in [6.07, 6.45) is 1.50. The minimum absolute atomic E-state index is 0.139. The highest BCUT2D eigenvalue weighted by Gasteiger charge is 2.61. The van der Waals surface area contributed by atoms with Crippen molar-refractivity contribution < 1.29 is 22.8 Å². The molecular formula is C25H43ClN4O5SSi. The maximum absolute atomic E-state index is 14.1. The highest BCUT2D eigenvalue weighted by molar-refractivity contribution is 7.94. The van der Waals surface area contributed by atoms with E-state index in [4.69, 9.17) is 21.2 Å². The molecule has 2 heterocycles. The predicted octanol–water partition coefficient (Wildman–Crippen LogP) is 4.71. The van der Waals surface area contributed by atoms with Gasteiger partial charge in [-0.1, -0.05) is 58.3 Å². The molecule has 12 heteroatoms. The van der Waals surface area contributed by atoms with Crippen molar-refractivity contribution >= 4 is 40.8 Å². The Morgan fingerprint density at radius 1 is 1.19 bits per heavy atom. The molecule has 0 radical (unpaired) electrons. The fourth-order valence-electron chi connectivity index (χ4n) is 6.40. The quantitative estimate of drug-likeness (QED) is 0.177. The van der Waals surface area contributed by atoms with E-state index in [0.717, 1.165) is 0 Å². The van der Waals surface area contributed by atoms with Crippen LogP contribution >= 0.6 is 11.6 Å². The molecule has 9 nitrogen and oxygen atoms in total. The highest BCUT2D eigenvalue weighted by atomic mass is 35.5. The summed E-state index contributed by atoms with van der Waals surface area (Å²) in [4.78, 5) is 15.1. The molecule has 1 N–H and O–H groups in total. The van der Waals surface area contributed by atoms with E-state index in [2.05, 4.69) is 51.8 Å². The van der Waals surface area contributed by atoms with Crippen LogP contribution in [0.3, 0.4) is 0 Å². The summed E-state index contributed by atoms with van der Waals surface area (Å²) in [7, 11) is -4.25. The molecule has 37 heavy (non-hydrogen) atoms. The SMILES string of the molecule is CC(C)[Si](OCC(C)(C)S(=O)(=O)C1(CN2CCc3c(/C(Cl)=N/O)nn(C)c3C2=O)CC1)(C(C)C)C(C)C. The Hall–Kier alpha value is -1.43. The molecule has 1 amide bonds. The topological polar surface area (TPSA) is 114 Å². The van der Waals surface area contributed by atoms with Gasteiger partial charge in [0.25, 0.3) is 5.91 Å². The number of amides is 1. The molecule has 0 saturated heterocycles. The number of nitrogens with zero attached hydrogens (tertiary/aromatic N) is 4. The summed E-state index contributed by atoms with van der Waals surface area (Å²) in [6.45, 7) is 17.3. The van der Waals surface area contributed by atoms with Gasteiger partial charge in [0.1, 0.15) is 11.4 Å². The molecule has 210 valence electrons. The van der Waals surface area contributed by atoms with Crippen LogP contribution in [0, 0.1) is 0 Å². The molecule has 3 rings (SSSR count). The summed E-state index contributed by atoms with van der Waals surface area (Å²) in [5.74, 6) is -0.286. The summed E-state index contributed by atoms with van der Waals surface area (Å²) < 4.78 is 34.3. The Kier molecular flexibility index (Phi) is 8.36. The third kappa shape index (κ3) is 4.89. The van der Waals surface area contributed by atoms with Crippen LogP contribution in [0.25, 0.3) is 0 Å². The average Bonchev–Trinajstić information content (AvgIpc) is 3.51. The number of carbonyl (C=O) groups is 1. The maximum Gasteiger partial charge on any atom is 0.272 e. The van der Waals surface area contributed by atoms with Crippen LogP contribution in [0.4, 0.5) is 0 Å². The van der Waals surface area contributed by atoms with Crippen molar-refractivity contribution in [2.75, 3.05) is 19.7 Å². The Labute approximate surface area is 227 Å². The van der Waals surface area contributed by atoms with Crippen LogP contribution in [0.2, 0.25) is 16.6 Å². The molecule has 0 bridgehead atoms. The second kappa shape index (κ2) is 10.3. The molecule has 1 aliphatic carbocycles. The summed E-state index contributed by atoms with van der Waals surface area (Å²) in [6, 6.07) is 0. The smallest absolute Gasteiger partial charge is 0.272 e. The number of fused-ring (bicyclic) bond motifs is 1. The van der Waals surface area contributed by atoms with Crippen molar-refractivity contribution in [1.82, 2.24) is 14.7 Å². The number of aryl methyl sites for hydroxylation is 1. The van der Waals surface area contributed by atoms with Gasteiger partial charge in [-0.15, -0.1) is 0 Å². The molecule has 0 unspecified atom stereocenters. The van der Waals surface area contributed by atoms with Crippen LogP contribution < -0.4 is 0 Å². The van der Waals surface area contributed by atoms with Crippen molar-refractivity contribution in [2.45, 2.75) is 101 Å². The number of halogens is 1. The standard InChI is InChI=1S/C25H43ClN4O5SSi/c1-16(2)37(17(3)4,18(5)6)35-15-24(7,8)36(33,34)25(11-12-25)14-30-13-10-19-20(22(26)28-32)27-29(9)21(19)23(30)31/h16-18,32H,10-15H2,1-9H3/b28-22-. The van der Waals surface area contributed by atoms with E-state index >= 15 is 0 Å². The van der Waals surface area contributed by atoms with Gasteiger partial charge in [-0.3, -0.25) is 9.48 Å². The second-order valence-electron chi connectivity index (χ2n) is 12.2. The van der Waals surface area contributed by atoms with E-state index in [0.29, 0.717) is 53.7 Å². The summed E-state index contributed by atoms with van der Waals surface area (Å²) >= 11 is 5.98. The molecule has 0 spiro atoms. The van der Waals surface area contributed by atoms with E-state index < -0.39 is 27.6 Å². The largest absolute Gasteiger partial charge is 0.414 e. The van der Waals surface area contributed by atoms with Gasteiger partial charge in [-0.05, 0) is 49.7 Å². The molecule has 1 saturated carbocycles. The molecule has 1 aromatic rings. The van der Waals surface area contributed by atoms with Crippen molar-refractivity contribution in [2.24, 2.45) is 12.2 Å². The first kappa shape index (κ1) is 30.1. The number of carbonyl (C=O) groups excluding carboxylic acids is 1. The normalized spacial score (nSPS) is 18.8. The van der Waals surface area contributed by atoms with Gasteiger partial charge in [0.15, 0.2) is 23.3 Å². The number of hydrogen-bond donors (Lipinski definition) is 1. The Bertz CT molecular complexity index is 1150. The van der Waals surface area contributed by atoms with Gasteiger partial charge >= 0.3 is 0 Å². The minimum Gasteiger partial charge on any atom is -0.414 e. The predicted molar refractivity (Wildman–Crippen MR) is 149 cm³/mol. The maximum atomic E-state index is 14.1. The molecule has 0 aromatic carbocycles. The molecule has 1 aliphatic heterocycles. The van der Waals surface area contributed by atoms with Gasteiger partial charge in [-0.25, -0.2) is 8.42 Å². The van der Waals surface area contributed by atoms with E-state index in [1.165, 1.54) is 4.68 Å². The van der Waals surface area contributed by atoms with Gasteiger partial charge < -0.3 is 14.5 Å². The molecule has 0 atom stereocenters. The number of hydrogen-bond acceptors (Lipinski definition) is 7. The molecule has 1 fully saturated rings. The first-order valence-electron chi connectivity index (χ1n) is 13.1. The number of rotatable bonds is 11. The minimum atomic E-state index is -3.64. The summed E-state index contributed by atoms with van der Waals surface area (Å²) in [5.41, 5.74) is 2.30. The van der Waals surface area contributed by atoms with E-state index in [1.54, 1.807) is 25.8 Å². The van der Waals surface area contributed by atoms with Crippen LogP contribution in [0.5, 0.6) is 0 Å². The van der Waals surface area contributed by atoms with Crippen molar-refractivity contribution in [3.63, 3.8) is 0 Å². The molecule has 1 aromatic heterocycles. The molecule has 2 aliphatic rings. The number of aromatic nitrogens is 2. The van der Waals surface area contributed by atoms with Crippen molar-refractivity contribution in [3.8, 4) is 0 Å². The third-order valence-electron chi connectivity index (χ3n) is 8.51. The van der Waals surface area contributed by atoms with Gasteiger partial charge in [0.2, 0.25) is 0 Å². The van der Waals surface area contributed by atoms with Crippen LogP contribution in [0.1, 0.15) is 90.0 Å². The lowest BCUT2D eigenvalue weighted by Crippen LogP contribution is -2.55. The fraction of sp³-hybridized carbons (Fsp3) is 0.800. The first-order valence-corrected chi connectivity index (χ1v) is 17.1. The Morgan fingerprint density at radius 3 is 2.19 bits per heavy atom. The zero-order valence-electron chi connectivity index (χ0n) is 23.6. The second-order valence-corrected chi connectivity index (χ2v) is 21.0. The zero-order valence-corrected chi connectivity index (χ0v) is 26.2. The van der Waals surface area contributed by atoms with Crippen LogP contribution in [-0.4, -0.2) is 76.9 Å². The van der Waals surface area contributed by atoms with Crippen LogP contribution in [0.15, 0.2) is 5.16 Å². The summed E-state index contributed by atoms with van der Waals surface area (Å²) in [5, 5.41) is 16.2. The number of oxime groups is 1. The highest BCUT2D eigenvalue weighted by Crippen LogP contribution is 2.50. The Morgan fingerprint density at radius 2 is 1.73 bits per heavy atom. The van der Waals surface area contributed by atoms with E-state index in [1.807, 2.05) is 0 Å².